The van der Waals surface area contributed by atoms with Crippen LogP contribution in [0.5, 0.6) is 0 Å². The fraction of sp³-hybridized carbons (Fsp3) is 0.571. The van der Waals surface area contributed by atoms with Gasteiger partial charge in [0.1, 0.15) is 6.04 Å². The number of nitrogens with zero attached hydrogens (tertiary/aromatic N) is 4. The monoisotopic (exact) mass is 420 g/mol. The summed E-state index contributed by atoms with van der Waals surface area (Å²) in [5.41, 5.74) is 0.622. The van der Waals surface area contributed by atoms with Gasteiger partial charge in [0.25, 0.3) is 0 Å². The van der Waals surface area contributed by atoms with Crippen LogP contribution in [0.3, 0.4) is 0 Å². The number of ether oxygens (including phenoxy) is 1. The number of esters is 1. The minimum atomic E-state index is -0.512. The summed E-state index contributed by atoms with van der Waals surface area (Å²) in [5.74, 6) is 1.03. The van der Waals surface area contributed by atoms with Gasteiger partial charge in [0.15, 0.2) is 5.82 Å². The van der Waals surface area contributed by atoms with Crippen LogP contribution < -0.4 is 0 Å². The molecule has 2 aromatic rings. The highest BCUT2D eigenvalue weighted by Crippen LogP contribution is 2.31. The Morgan fingerprint density at radius 1 is 1.17 bits per heavy atom. The highest BCUT2D eigenvalue weighted by Gasteiger charge is 2.34. The van der Waals surface area contributed by atoms with E-state index in [0.717, 1.165) is 18.7 Å². The molecule has 2 atom stereocenters. The number of piperazine rings is 1. The van der Waals surface area contributed by atoms with Crippen molar-refractivity contribution >= 4 is 17.6 Å². The smallest absolute Gasteiger partial charge is 0.327 e. The Balaban J connectivity index is 1.70. The van der Waals surface area contributed by atoms with E-state index in [9.17, 15) is 4.79 Å². The Hall–Kier alpha value is -1.96. The van der Waals surface area contributed by atoms with E-state index in [1.807, 2.05) is 18.2 Å². The maximum Gasteiger partial charge on any atom is 0.327 e. The van der Waals surface area contributed by atoms with E-state index in [4.69, 9.17) is 20.9 Å². The number of carbonyl (C=O) groups excluding carboxylic acids is 1. The molecular weight excluding hydrogens is 392 g/mol. The standard InChI is InChI=1S/C21H29ClN4O3/c1-14(18-23-20(24-29-18)21(2,3)4)25-10-12-26(13-11-25)17(19(27)28-5)15-8-6-7-9-16(15)22/h6-9,14,17H,10-13H2,1-5H3/t14-,17-/m0/s1. The van der Waals surface area contributed by atoms with E-state index in [0.29, 0.717) is 29.8 Å². The number of hydrogen-bond acceptors (Lipinski definition) is 7. The molecular formula is C21H29ClN4O3. The molecule has 0 amide bonds. The molecule has 1 aliphatic rings. The third-order valence-electron chi connectivity index (χ3n) is 5.36. The van der Waals surface area contributed by atoms with Crippen LogP contribution in [-0.2, 0) is 14.9 Å². The first kappa shape index (κ1) is 21.7. The van der Waals surface area contributed by atoms with Crippen LogP contribution in [0.1, 0.15) is 57.1 Å². The van der Waals surface area contributed by atoms with E-state index in [-0.39, 0.29) is 17.4 Å². The van der Waals surface area contributed by atoms with Crippen LogP contribution >= 0.6 is 11.6 Å². The van der Waals surface area contributed by atoms with Crippen LogP contribution in [-0.4, -0.2) is 59.2 Å². The van der Waals surface area contributed by atoms with Crippen molar-refractivity contribution in [3.05, 3.63) is 46.6 Å². The maximum absolute atomic E-state index is 12.5. The second kappa shape index (κ2) is 8.81. The number of aromatic nitrogens is 2. The van der Waals surface area contributed by atoms with Gasteiger partial charge in [0, 0.05) is 36.6 Å². The molecule has 29 heavy (non-hydrogen) atoms. The third kappa shape index (κ3) is 4.79. The minimum Gasteiger partial charge on any atom is -0.468 e. The van der Waals surface area contributed by atoms with Gasteiger partial charge in [0.05, 0.1) is 13.2 Å². The average molecular weight is 421 g/mol. The zero-order valence-electron chi connectivity index (χ0n) is 17.7. The Bertz CT molecular complexity index is 840. The Kier molecular flexibility index (Phi) is 6.61. The van der Waals surface area contributed by atoms with Crippen molar-refractivity contribution in [1.82, 2.24) is 19.9 Å². The zero-order chi connectivity index (χ0) is 21.2. The number of hydrogen-bond donors (Lipinski definition) is 0. The number of methoxy groups -OCH3 is 1. The molecule has 0 saturated carbocycles. The van der Waals surface area contributed by atoms with Crippen LogP contribution in [0.2, 0.25) is 5.02 Å². The van der Waals surface area contributed by atoms with Crippen molar-refractivity contribution in [3.8, 4) is 0 Å². The zero-order valence-corrected chi connectivity index (χ0v) is 18.4. The Morgan fingerprint density at radius 2 is 1.79 bits per heavy atom. The van der Waals surface area contributed by atoms with Crippen molar-refractivity contribution in [2.75, 3.05) is 33.3 Å². The molecule has 2 heterocycles. The Morgan fingerprint density at radius 3 is 2.34 bits per heavy atom. The molecule has 1 saturated heterocycles. The second-order valence-corrected chi connectivity index (χ2v) is 8.81. The largest absolute Gasteiger partial charge is 0.468 e. The molecule has 0 aliphatic carbocycles. The summed E-state index contributed by atoms with van der Waals surface area (Å²) >= 11 is 6.37. The molecule has 0 unspecified atom stereocenters. The summed E-state index contributed by atoms with van der Waals surface area (Å²) in [7, 11) is 1.41. The lowest BCUT2D eigenvalue weighted by Gasteiger charge is -2.39. The Labute approximate surface area is 177 Å². The molecule has 1 aromatic heterocycles. The summed E-state index contributed by atoms with van der Waals surface area (Å²) in [6, 6.07) is 6.92. The fourth-order valence-corrected chi connectivity index (χ4v) is 3.77. The first-order valence-electron chi connectivity index (χ1n) is 9.87. The summed E-state index contributed by atoms with van der Waals surface area (Å²) < 4.78 is 10.6. The van der Waals surface area contributed by atoms with Crippen molar-refractivity contribution in [3.63, 3.8) is 0 Å². The van der Waals surface area contributed by atoms with Gasteiger partial charge in [-0.15, -0.1) is 0 Å². The van der Waals surface area contributed by atoms with Crippen molar-refractivity contribution in [2.45, 2.75) is 45.2 Å². The molecule has 0 bridgehead atoms. The number of carbonyl (C=O) groups is 1. The predicted octanol–water partition coefficient (Wildman–Crippen LogP) is 3.61. The van der Waals surface area contributed by atoms with E-state index in [2.05, 4.69) is 47.6 Å². The minimum absolute atomic E-state index is 0.0117. The van der Waals surface area contributed by atoms with Crippen LogP contribution in [0.4, 0.5) is 0 Å². The molecule has 0 N–H and O–H groups in total. The number of benzene rings is 1. The highest BCUT2D eigenvalue weighted by atomic mass is 35.5. The van der Waals surface area contributed by atoms with Crippen LogP contribution in [0.15, 0.2) is 28.8 Å². The maximum atomic E-state index is 12.5. The molecule has 158 valence electrons. The number of halogens is 1. The van der Waals surface area contributed by atoms with Gasteiger partial charge in [-0.25, -0.2) is 4.79 Å². The van der Waals surface area contributed by atoms with E-state index >= 15 is 0 Å². The molecule has 0 spiro atoms. The normalized spacial score (nSPS) is 18.4. The third-order valence-corrected chi connectivity index (χ3v) is 5.70. The lowest BCUT2D eigenvalue weighted by Crippen LogP contribution is -2.50. The van der Waals surface area contributed by atoms with E-state index in [1.54, 1.807) is 6.07 Å². The van der Waals surface area contributed by atoms with Gasteiger partial charge < -0.3 is 9.26 Å². The van der Waals surface area contributed by atoms with Crippen LogP contribution in [0, 0.1) is 0 Å². The van der Waals surface area contributed by atoms with Crippen LogP contribution in [0.25, 0.3) is 0 Å². The summed E-state index contributed by atoms with van der Waals surface area (Å²) in [6.45, 7) is 11.2. The first-order chi connectivity index (χ1) is 13.7. The molecule has 1 fully saturated rings. The van der Waals surface area contributed by atoms with Crippen molar-refractivity contribution in [1.29, 1.82) is 0 Å². The SMILES string of the molecule is COC(=O)[C@H](c1ccccc1Cl)N1CCN([C@@H](C)c2nc(C(C)(C)C)no2)CC1. The second-order valence-electron chi connectivity index (χ2n) is 8.40. The summed E-state index contributed by atoms with van der Waals surface area (Å²) in [4.78, 5) is 21.5. The van der Waals surface area contributed by atoms with Gasteiger partial charge in [-0.05, 0) is 18.6 Å². The lowest BCUT2D eigenvalue weighted by atomic mass is 9.96. The first-order valence-corrected chi connectivity index (χ1v) is 10.2. The topological polar surface area (TPSA) is 71.7 Å². The van der Waals surface area contributed by atoms with Gasteiger partial charge in [-0.2, -0.15) is 4.98 Å². The van der Waals surface area contributed by atoms with Crippen molar-refractivity contribution < 1.29 is 14.1 Å². The summed E-state index contributed by atoms with van der Waals surface area (Å²) in [5, 5.41) is 4.70. The predicted molar refractivity (Wildman–Crippen MR) is 111 cm³/mol. The number of rotatable bonds is 5. The molecule has 3 rings (SSSR count). The average Bonchev–Trinajstić information content (AvgIpc) is 3.20. The lowest BCUT2D eigenvalue weighted by molar-refractivity contribution is -0.148. The van der Waals surface area contributed by atoms with Gasteiger partial charge in [0.2, 0.25) is 5.89 Å². The van der Waals surface area contributed by atoms with Crippen molar-refractivity contribution in [2.24, 2.45) is 0 Å². The molecule has 7 nitrogen and oxygen atoms in total. The van der Waals surface area contributed by atoms with Gasteiger partial charge in [-0.1, -0.05) is 55.7 Å². The van der Waals surface area contributed by atoms with E-state index < -0.39 is 6.04 Å². The molecule has 1 aliphatic heterocycles. The molecule has 1 aromatic carbocycles. The van der Waals surface area contributed by atoms with Gasteiger partial charge >= 0.3 is 5.97 Å². The highest BCUT2D eigenvalue weighted by molar-refractivity contribution is 6.31. The molecule has 8 heteroatoms. The molecule has 0 radical (unpaired) electrons. The summed E-state index contributed by atoms with van der Waals surface area (Å²) in [6.07, 6.45) is 0. The quantitative estimate of drug-likeness (QED) is 0.684. The van der Waals surface area contributed by atoms with Gasteiger partial charge in [-0.3, -0.25) is 9.80 Å². The fourth-order valence-electron chi connectivity index (χ4n) is 3.53. The van der Waals surface area contributed by atoms with E-state index in [1.165, 1.54) is 7.11 Å².